The fourth-order valence-electron chi connectivity index (χ4n) is 9.46. The molecule has 0 radical (unpaired) electrons. The van der Waals surface area contributed by atoms with Gasteiger partial charge in [0.1, 0.15) is 0 Å². The summed E-state index contributed by atoms with van der Waals surface area (Å²) in [5, 5.41) is 10.4. The van der Waals surface area contributed by atoms with Crippen LogP contribution in [0.4, 0.5) is 0 Å². The van der Waals surface area contributed by atoms with Crippen molar-refractivity contribution in [3.05, 3.63) is 231 Å². The van der Waals surface area contributed by atoms with E-state index in [1.54, 1.807) is 0 Å². The smallest absolute Gasteiger partial charge is 0.0434 e. The van der Waals surface area contributed by atoms with Crippen molar-refractivity contribution < 1.29 is 0 Å². The molecule has 0 saturated carbocycles. The zero-order chi connectivity index (χ0) is 40.3. The highest BCUT2D eigenvalue weighted by Crippen LogP contribution is 2.45. The number of fused-ring (bicyclic) bond motifs is 9. The van der Waals surface area contributed by atoms with Crippen LogP contribution < -0.4 is 0 Å². The molecule has 0 spiro atoms. The molecule has 0 amide bonds. The van der Waals surface area contributed by atoms with Gasteiger partial charge in [-0.1, -0.05) is 206 Å². The molecule has 0 unspecified atom stereocenters. The van der Waals surface area contributed by atoms with E-state index < -0.39 is 0 Å². The topological polar surface area (TPSA) is 0 Å². The molecule has 1 aromatic heterocycles. The van der Waals surface area contributed by atoms with E-state index in [4.69, 9.17) is 0 Å². The Morgan fingerprint density at radius 2 is 0.492 bits per heavy atom. The minimum Gasteiger partial charge on any atom is -0.134 e. The lowest BCUT2D eigenvalue weighted by molar-refractivity contribution is 1.58. The maximum absolute atomic E-state index is 2.38. The Labute approximate surface area is 359 Å². The predicted octanol–water partition coefficient (Wildman–Crippen LogP) is 17.5. The number of hydrogen-bond donors (Lipinski definition) is 0. The lowest BCUT2D eigenvalue weighted by Crippen LogP contribution is -1.86. The van der Waals surface area contributed by atoms with Gasteiger partial charge in [0, 0.05) is 20.2 Å². The van der Waals surface area contributed by atoms with Crippen molar-refractivity contribution in [3.63, 3.8) is 0 Å². The van der Waals surface area contributed by atoms with Crippen LogP contribution in [0.5, 0.6) is 0 Å². The maximum atomic E-state index is 2.38. The second-order valence-corrected chi connectivity index (χ2v) is 17.0. The van der Waals surface area contributed by atoms with Crippen molar-refractivity contribution in [1.82, 2.24) is 0 Å². The average Bonchev–Trinajstić information content (AvgIpc) is 3.74. The minimum atomic E-state index is 1.21. The standard InChI is InChI=1S/C60H38S/c1-2-13-39(14-3-1)40-29-31-41(32-30-40)42-15-9-19-47(36-42)49-25-11-27-56-57-28-12-26-50(60(57)61-59(49)56)48-20-10-18-45(37-48)43-16-8-17-44(35-43)46-33-34-55-53-23-5-4-21-51(53)52-22-6-7-24-54(52)58(55)38-46/h1-38H. The Balaban J connectivity index is 0.901. The molecule has 12 rings (SSSR count). The number of benzene rings is 11. The van der Waals surface area contributed by atoms with Gasteiger partial charge < -0.3 is 0 Å². The minimum absolute atomic E-state index is 1.21. The van der Waals surface area contributed by atoms with Crippen LogP contribution >= 0.6 is 11.3 Å². The summed E-state index contributed by atoms with van der Waals surface area (Å²) in [6.45, 7) is 0. The van der Waals surface area contributed by atoms with Crippen LogP contribution in [0.15, 0.2) is 231 Å². The van der Waals surface area contributed by atoms with Gasteiger partial charge in [-0.2, -0.15) is 0 Å². The van der Waals surface area contributed by atoms with E-state index in [2.05, 4.69) is 231 Å². The maximum Gasteiger partial charge on any atom is 0.0434 e. The van der Waals surface area contributed by atoms with Gasteiger partial charge in [0.25, 0.3) is 0 Å². The highest BCUT2D eigenvalue weighted by molar-refractivity contribution is 7.26. The molecule has 0 fully saturated rings. The second-order valence-electron chi connectivity index (χ2n) is 16.0. The van der Waals surface area contributed by atoms with Crippen molar-refractivity contribution >= 4 is 63.8 Å². The lowest BCUT2D eigenvalue weighted by Gasteiger charge is -2.13. The van der Waals surface area contributed by atoms with Crippen LogP contribution in [0.3, 0.4) is 0 Å². The van der Waals surface area contributed by atoms with Crippen molar-refractivity contribution in [2.75, 3.05) is 0 Å². The van der Waals surface area contributed by atoms with Crippen LogP contribution in [0.25, 0.3) is 119 Å². The van der Waals surface area contributed by atoms with E-state index in [0.717, 1.165) is 0 Å². The van der Waals surface area contributed by atoms with Gasteiger partial charge in [0.15, 0.2) is 0 Å². The van der Waals surface area contributed by atoms with E-state index in [1.165, 1.54) is 119 Å². The molecule has 0 atom stereocenters. The normalized spacial score (nSPS) is 11.6. The van der Waals surface area contributed by atoms with Gasteiger partial charge >= 0.3 is 0 Å². The first-order valence-corrected chi connectivity index (χ1v) is 21.8. The van der Waals surface area contributed by atoms with E-state index >= 15 is 0 Å². The van der Waals surface area contributed by atoms with Gasteiger partial charge in [-0.25, -0.2) is 0 Å². The Bertz CT molecular complexity index is 3590. The second kappa shape index (κ2) is 14.6. The monoisotopic (exact) mass is 790 g/mol. The Hall–Kier alpha value is -7.58. The Kier molecular flexibility index (Phi) is 8.47. The summed E-state index contributed by atoms with van der Waals surface area (Å²) in [6, 6.07) is 84.8. The molecule has 0 aliphatic heterocycles. The van der Waals surface area contributed by atoms with E-state index in [-0.39, 0.29) is 0 Å². The molecule has 0 saturated heterocycles. The average molecular weight is 791 g/mol. The van der Waals surface area contributed by atoms with Gasteiger partial charge in [0.05, 0.1) is 0 Å². The third-order valence-corrected chi connectivity index (χ3v) is 13.8. The van der Waals surface area contributed by atoms with E-state index in [9.17, 15) is 0 Å². The summed E-state index contributed by atoms with van der Waals surface area (Å²) < 4.78 is 2.64. The molecule has 61 heavy (non-hydrogen) atoms. The Morgan fingerprint density at radius 3 is 1.02 bits per heavy atom. The van der Waals surface area contributed by atoms with Crippen LogP contribution in [-0.4, -0.2) is 0 Å². The van der Waals surface area contributed by atoms with Crippen LogP contribution in [0.2, 0.25) is 0 Å². The summed E-state index contributed by atoms with van der Waals surface area (Å²) >= 11 is 1.91. The molecule has 0 nitrogen and oxygen atoms in total. The molecule has 1 heterocycles. The summed E-state index contributed by atoms with van der Waals surface area (Å²) in [5.41, 5.74) is 14.8. The summed E-state index contributed by atoms with van der Waals surface area (Å²) in [6.07, 6.45) is 0. The first kappa shape index (κ1) is 35.4. The fourth-order valence-corrected chi connectivity index (χ4v) is 10.8. The van der Waals surface area contributed by atoms with Gasteiger partial charge in [-0.05, 0) is 123 Å². The van der Waals surface area contributed by atoms with Crippen molar-refractivity contribution in [1.29, 1.82) is 0 Å². The van der Waals surface area contributed by atoms with Crippen molar-refractivity contribution in [3.8, 4) is 66.8 Å². The number of rotatable bonds is 6. The lowest BCUT2D eigenvalue weighted by atomic mass is 9.91. The van der Waals surface area contributed by atoms with E-state index in [0.29, 0.717) is 0 Å². The third kappa shape index (κ3) is 6.13. The molecule has 1 heteroatoms. The van der Waals surface area contributed by atoms with Crippen molar-refractivity contribution in [2.45, 2.75) is 0 Å². The Morgan fingerprint density at radius 1 is 0.180 bits per heavy atom. The molecule has 11 aromatic carbocycles. The summed E-state index contributed by atoms with van der Waals surface area (Å²) in [4.78, 5) is 0. The molecule has 0 bridgehead atoms. The zero-order valence-electron chi connectivity index (χ0n) is 33.3. The highest BCUT2D eigenvalue weighted by atomic mass is 32.1. The third-order valence-electron chi connectivity index (χ3n) is 12.5. The van der Waals surface area contributed by atoms with Gasteiger partial charge in [-0.3, -0.25) is 0 Å². The number of thiophene rings is 1. The summed E-state index contributed by atoms with van der Waals surface area (Å²) in [5.74, 6) is 0. The molecule has 0 N–H and O–H groups in total. The predicted molar refractivity (Wildman–Crippen MR) is 264 cm³/mol. The molecular weight excluding hydrogens is 753 g/mol. The zero-order valence-corrected chi connectivity index (χ0v) is 34.2. The highest BCUT2D eigenvalue weighted by Gasteiger charge is 2.16. The molecule has 284 valence electrons. The molecule has 0 aliphatic carbocycles. The summed E-state index contributed by atoms with van der Waals surface area (Å²) in [7, 11) is 0. The van der Waals surface area contributed by atoms with Gasteiger partial charge in [0.2, 0.25) is 0 Å². The van der Waals surface area contributed by atoms with Crippen molar-refractivity contribution in [2.24, 2.45) is 0 Å². The number of hydrogen-bond acceptors (Lipinski definition) is 1. The molecule has 0 aliphatic rings. The first-order chi connectivity index (χ1) is 30.2. The van der Waals surface area contributed by atoms with Crippen LogP contribution in [0.1, 0.15) is 0 Å². The molecular formula is C60H38S. The fraction of sp³-hybridized carbons (Fsp3) is 0. The van der Waals surface area contributed by atoms with Crippen LogP contribution in [-0.2, 0) is 0 Å². The SMILES string of the molecule is c1ccc(-c2ccc(-c3cccc(-c4cccc5c4sc4c(-c6cccc(-c7cccc(-c8ccc9c%10ccccc%10c%10ccccc%10c9c8)c7)c6)cccc45)c3)cc2)cc1. The molecule has 12 aromatic rings. The largest absolute Gasteiger partial charge is 0.134 e. The first-order valence-electron chi connectivity index (χ1n) is 21.0. The van der Waals surface area contributed by atoms with E-state index in [1.807, 2.05) is 11.3 Å². The van der Waals surface area contributed by atoms with Crippen LogP contribution in [0, 0.1) is 0 Å². The van der Waals surface area contributed by atoms with Gasteiger partial charge in [-0.15, -0.1) is 11.3 Å². The quantitative estimate of drug-likeness (QED) is 0.147.